The molecule has 0 aliphatic rings. The van der Waals surface area contributed by atoms with Crippen molar-refractivity contribution in [3.8, 4) is 0 Å². The van der Waals surface area contributed by atoms with Crippen LogP contribution in [0, 0.1) is 0 Å². The minimum atomic E-state index is -4.42. The molecule has 27 heavy (non-hydrogen) atoms. The first kappa shape index (κ1) is 18.4. The Kier molecular flexibility index (Phi) is 5.07. The van der Waals surface area contributed by atoms with Crippen LogP contribution in [0.25, 0.3) is 0 Å². The molecule has 0 aliphatic carbocycles. The second-order valence-corrected chi connectivity index (χ2v) is 5.75. The zero-order valence-electron chi connectivity index (χ0n) is 14.2. The van der Waals surface area contributed by atoms with Gasteiger partial charge in [-0.05, 0) is 37.3 Å². The molecule has 1 aromatic heterocycles. The summed E-state index contributed by atoms with van der Waals surface area (Å²) in [4.78, 5) is 19.6. The highest BCUT2D eigenvalue weighted by Gasteiger charge is 2.30. The van der Waals surface area contributed by atoms with Gasteiger partial charge in [0.25, 0.3) is 0 Å². The zero-order chi connectivity index (χ0) is 19.4. The van der Waals surface area contributed by atoms with Gasteiger partial charge in [-0.2, -0.15) is 13.2 Å². The predicted molar refractivity (Wildman–Crippen MR) is 96.5 cm³/mol. The van der Waals surface area contributed by atoms with E-state index in [1.807, 2.05) is 0 Å². The van der Waals surface area contributed by atoms with Crippen LogP contribution in [0.15, 0.2) is 60.9 Å². The highest BCUT2D eigenvalue weighted by molar-refractivity contribution is 5.95. The second-order valence-electron chi connectivity index (χ2n) is 5.75. The quantitative estimate of drug-likeness (QED) is 0.604. The molecule has 0 spiro atoms. The number of Topliss-reactive ketones (excluding diaryl/α,β-unsaturated/α-hetero) is 1. The molecule has 0 amide bonds. The topological polar surface area (TPSA) is 66.9 Å². The molecular formula is C19H15F3N4O. The number of hydrogen-bond donors (Lipinski definition) is 2. The number of anilines is 4. The molecule has 3 rings (SSSR count). The second kappa shape index (κ2) is 7.45. The Hall–Kier alpha value is -3.42. The van der Waals surface area contributed by atoms with Gasteiger partial charge in [0.1, 0.15) is 18.0 Å². The molecule has 0 fully saturated rings. The van der Waals surface area contributed by atoms with Crippen LogP contribution in [-0.2, 0) is 6.18 Å². The summed E-state index contributed by atoms with van der Waals surface area (Å²) in [6.07, 6.45) is -3.13. The van der Waals surface area contributed by atoms with E-state index in [1.165, 1.54) is 25.4 Å². The molecular weight excluding hydrogens is 357 g/mol. The highest BCUT2D eigenvalue weighted by atomic mass is 19.4. The summed E-state index contributed by atoms with van der Waals surface area (Å²) in [6.45, 7) is 1.47. The summed E-state index contributed by atoms with van der Waals surface area (Å²) in [6, 6.07) is 13.3. The summed E-state index contributed by atoms with van der Waals surface area (Å²) >= 11 is 0. The van der Waals surface area contributed by atoms with Gasteiger partial charge in [-0.25, -0.2) is 9.97 Å². The largest absolute Gasteiger partial charge is 0.416 e. The summed E-state index contributed by atoms with van der Waals surface area (Å²) in [5.74, 6) is 0.697. The Bertz CT molecular complexity index is 973. The van der Waals surface area contributed by atoms with Gasteiger partial charge in [0, 0.05) is 23.0 Å². The Morgan fingerprint density at radius 3 is 2.07 bits per heavy atom. The van der Waals surface area contributed by atoms with Crippen LogP contribution >= 0.6 is 0 Å². The van der Waals surface area contributed by atoms with Gasteiger partial charge in [0.05, 0.1) is 5.56 Å². The predicted octanol–water partition coefficient (Wildman–Crippen LogP) is 5.19. The molecule has 8 heteroatoms. The number of aromatic nitrogens is 2. The maximum Gasteiger partial charge on any atom is 0.416 e. The maximum atomic E-state index is 12.8. The van der Waals surface area contributed by atoms with Crippen molar-refractivity contribution in [1.29, 1.82) is 0 Å². The Morgan fingerprint density at radius 2 is 1.48 bits per heavy atom. The number of nitrogens with one attached hydrogen (secondary N) is 2. The van der Waals surface area contributed by atoms with Crippen LogP contribution in [0.4, 0.5) is 36.2 Å². The number of carbonyl (C=O) groups is 1. The van der Waals surface area contributed by atoms with Crippen molar-refractivity contribution in [3.05, 3.63) is 72.1 Å². The van der Waals surface area contributed by atoms with Gasteiger partial charge in [-0.15, -0.1) is 0 Å². The number of ketones is 1. The van der Waals surface area contributed by atoms with Crippen molar-refractivity contribution in [3.63, 3.8) is 0 Å². The van der Waals surface area contributed by atoms with Gasteiger partial charge in [0.2, 0.25) is 0 Å². The van der Waals surface area contributed by atoms with E-state index in [0.29, 0.717) is 22.9 Å². The van der Waals surface area contributed by atoms with Gasteiger partial charge in [-0.1, -0.05) is 18.2 Å². The van der Waals surface area contributed by atoms with E-state index >= 15 is 0 Å². The van der Waals surface area contributed by atoms with Gasteiger partial charge in [-0.3, -0.25) is 4.79 Å². The molecule has 0 saturated heterocycles. The van der Waals surface area contributed by atoms with E-state index in [0.717, 1.165) is 12.1 Å². The van der Waals surface area contributed by atoms with Crippen molar-refractivity contribution in [2.24, 2.45) is 0 Å². The first-order valence-corrected chi connectivity index (χ1v) is 7.95. The molecule has 0 atom stereocenters. The number of nitrogens with zero attached hydrogens (tertiary/aromatic N) is 2. The van der Waals surface area contributed by atoms with Gasteiger partial charge < -0.3 is 10.6 Å². The lowest BCUT2D eigenvalue weighted by Gasteiger charge is -2.11. The molecule has 1 heterocycles. The summed E-state index contributed by atoms with van der Waals surface area (Å²) < 4.78 is 38.4. The van der Waals surface area contributed by atoms with Crippen molar-refractivity contribution >= 4 is 28.8 Å². The third kappa shape index (κ3) is 4.81. The molecule has 138 valence electrons. The first-order chi connectivity index (χ1) is 12.8. The average molecular weight is 372 g/mol. The molecule has 0 unspecified atom stereocenters. The molecule has 2 N–H and O–H groups in total. The average Bonchev–Trinajstić information content (AvgIpc) is 2.62. The summed E-state index contributed by atoms with van der Waals surface area (Å²) in [5.41, 5.74) is 0.719. The lowest BCUT2D eigenvalue weighted by atomic mass is 10.1. The molecule has 5 nitrogen and oxygen atoms in total. The van der Waals surface area contributed by atoms with Crippen molar-refractivity contribution in [2.45, 2.75) is 13.1 Å². The fraction of sp³-hybridized carbons (Fsp3) is 0.105. The Labute approximate surface area is 153 Å². The monoisotopic (exact) mass is 372 g/mol. The number of hydrogen-bond acceptors (Lipinski definition) is 5. The van der Waals surface area contributed by atoms with Crippen LogP contribution < -0.4 is 10.6 Å². The maximum absolute atomic E-state index is 12.8. The number of rotatable bonds is 5. The van der Waals surface area contributed by atoms with Crippen molar-refractivity contribution < 1.29 is 18.0 Å². The van der Waals surface area contributed by atoms with Crippen molar-refractivity contribution in [1.82, 2.24) is 9.97 Å². The first-order valence-electron chi connectivity index (χ1n) is 7.95. The minimum Gasteiger partial charge on any atom is -0.340 e. The van der Waals surface area contributed by atoms with Gasteiger partial charge in [0.15, 0.2) is 5.78 Å². The molecule has 0 saturated carbocycles. The number of halogens is 3. The number of alkyl halides is 3. The molecule has 3 aromatic rings. The fourth-order valence-corrected chi connectivity index (χ4v) is 2.38. The highest BCUT2D eigenvalue weighted by Crippen LogP contribution is 2.31. The number of carbonyl (C=O) groups excluding carboxylic acids is 1. The lowest BCUT2D eigenvalue weighted by molar-refractivity contribution is -0.137. The molecule has 0 bridgehead atoms. The third-order valence-corrected chi connectivity index (χ3v) is 3.67. The summed E-state index contributed by atoms with van der Waals surface area (Å²) in [5, 5.41) is 5.86. The SMILES string of the molecule is CC(=O)c1cccc(Nc2cc(Nc3cccc(C(F)(F)F)c3)ncn2)c1. The smallest absolute Gasteiger partial charge is 0.340 e. The van der Waals surface area contributed by atoms with Gasteiger partial charge >= 0.3 is 6.18 Å². The van der Waals surface area contributed by atoms with Crippen LogP contribution in [0.1, 0.15) is 22.8 Å². The van der Waals surface area contributed by atoms with Crippen LogP contribution in [0.2, 0.25) is 0 Å². The van der Waals surface area contributed by atoms with Crippen LogP contribution in [0.5, 0.6) is 0 Å². The Balaban J connectivity index is 1.78. The molecule has 0 aliphatic heterocycles. The lowest BCUT2D eigenvalue weighted by Crippen LogP contribution is -2.05. The van der Waals surface area contributed by atoms with Crippen LogP contribution in [0.3, 0.4) is 0 Å². The van der Waals surface area contributed by atoms with E-state index in [9.17, 15) is 18.0 Å². The summed E-state index contributed by atoms with van der Waals surface area (Å²) in [7, 11) is 0. The third-order valence-electron chi connectivity index (χ3n) is 3.67. The standard InChI is InChI=1S/C19H15F3N4O/c1-12(27)13-4-2-6-15(8-13)25-17-10-18(24-11-23-17)26-16-7-3-5-14(9-16)19(20,21)22/h2-11H,1H3,(H2,23,24,25,26). The normalized spacial score (nSPS) is 11.1. The van der Waals surface area contributed by atoms with E-state index in [1.54, 1.807) is 30.3 Å². The Morgan fingerprint density at radius 1 is 0.889 bits per heavy atom. The number of benzene rings is 2. The fourth-order valence-electron chi connectivity index (χ4n) is 2.38. The van der Waals surface area contributed by atoms with Crippen molar-refractivity contribution in [2.75, 3.05) is 10.6 Å². The zero-order valence-corrected chi connectivity index (χ0v) is 14.2. The van der Waals surface area contributed by atoms with E-state index < -0.39 is 11.7 Å². The molecule has 0 radical (unpaired) electrons. The minimum absolute atomic E-state index is 0.0618. The molecule has 2 aromatic carbocycles. The van der Waals surface area contributed by atoms with E-state index in [2.05, 4.69) is 20.6 Å². The van der Waals surface area contributed by atoms with Crippen LogP contribution in [-0.4, -0.2) is 15.8 Å². The van der Waals surface area contributed by atoms with E-state index in [-0.39, 0.29) is 11.5 Å². The van der Waals surface area contributed by atoms with E-state index in [4.69, 9.17) is 0 Å².